The zero-order valence-electron chi connectivity index (χ0n) is 10.1. The lowest BCUT2D eigenvalue weighted by atomic mass is 9.90. The molecule has 1 saturated heterocycles. The molecular weight excluding hydrogens is 218 g/mol. The topological polar surface area (TPSA) is 67.0 Å². The Labute approximate surface area is 101 Å². The molecule has 0 saturated carbocycles. The molecule has 1 aromatic rings. The molecule has 0 spiro atoms. The highest BCUT2D eigenvalue weighted by Crippen LogP contribution is 2.20. The van der Waals surface area contributed by atoms with Crippen molar-refractivity contribution in [3.63, 3.8) is 0 Å². The molecule has 0 aliphatic carbocycles. The van der Waals surface area contributed by atoms with Crippen molar-refractivity contribution in [2.75, 3.05) is 13.2 Å². The van der Waals surface area contributed by atoms with Crippen molar-refractivity contribution in [2.24, 2.45) is 5.92 Å². The zero-order valence-corrected chi connectivity index (χ0v) is 10.1. The van der Waals surface area contributed by atoms with E-state index in [1.165, 1.54) is 0 Å². The molecule has 1 fully saturated rings. The fourth-order valence-electron chi connectivity index (χ4n) is 2.30. The average Bonchev–Trinajstić information content (AvgIpc) is 2.90. The molecule has 1 aliphatic rings. The van der Waals surface area contributed by atoms with Gasteiger partial charge in [0, 0.05) is 25.5 Å². The minimum atomic E-state index is -0.0444. The molecule has 5 nitrogen and oxygen atoms in total. The summed E-state index contributed by atoms with van der Waals surface area (Å²) in [6, 6.07) is 0.237. The van der Waals surface area contributed by atoms with E-state index < -0.39 is 0 Å². The van der Waals surface area contributed by atoms with Crippen LogP contribution in [-0.4, -0.2) is 35.4 Å². The molecule has 94 valence electrons. The Kier molecular flexibility index (Phi) is 4.14. The number of rotatable bonds is 4. The third-order valence-corrected chi connectivity index (χ3v) is 3.35. The first-order valence-corrected chi connectivity index (χ1v) is 6.18. The van der Waals surface area contributed by atoms with Crippen molar-refractivity contribution >= 4 is 5.91 Å². The van der Waals surface area contributed by atoms with Crippen LogP contribution in [0.4, 0.5) is 0 Å². The second kappa shape index (κ2) is 5.82. The van der Waals surface area contributed by atoms with Crippen LogP contribution in [0.3, 0.4) is 0 Å². The van der Waals surface area contributed by atoms with Crippen molar-refractivity contribution in [2.45, 2.75) is 32.2 Å². The lowest BCUT2D eigenvalue weighted by Crippen LogP contribution is -2.41. The van der Waals surface area contributed by atoms with E-state index in [2.05, 4.69) is 22.4 Å². The lowest BCUT2D eigenvalue weighted by Gasteiger charge is -2.30. The molecular formula is C12H19N3O2. The van der Waals surface area contributed by atoms with E-state index in [9.17, 15) is 4.79 Å². The molecule has 1 unspecified atom stereocenters. The van der Waals surface area contributed by atoms with Gasteiger partial charge in [-0.1, -0.05) is 6.92 Å². The molecule has 0 radical (unpaired) electrons. The number of amides is 1. The largest absolute Gasteiger partial charge is 0.381 e. The number of nitrogens with zero attached hydrogens (tertiary/aromatic N) is 1. The molecule has 1 amide bonds. The highest BCUT2D eigenvalue weighted by atomic mass is 16.5. The van der Waals surface area contributed by atoms with Crippen LogP contribution in [0.25, 0.3) is 0 Å². The number of carbonyl (C=O) groups excluding carboxylic acids is 1. The minimum absolute atomic E-state index is 0.0444. The van der Waals surface area contributed by atoms with Gasteiger partial charge in [-0.05, 0) is 25.2 Å². The fourth-order valence-corrected chi connectivity index (χ4v) is 2.30. The minimum Gasteiger partial charge on any atom is -0.381 e. The molecule has 1 aromatic heterocycles. The van der Waals surface area contributed by atoms with Gasteiger partial charge in [0.25, 0.3) is 5.91 Å². The molecule has 2 N–H and O–H groups in total. The second-order valence-electron chi connectivity index (χ2n) is 4.42. The van der Waals surface area contributed by atoms with E-state index >= 15 is 0 Å². The highest BCUT2D eigenvalue weighted by Gasteiger charge is 2.24. The van der Waals surface area contributed by atoms with Crippen LogP contribution in [0.5, 0.6) is 0 Å². The van der Waals surface area contributed by atoms with Crippen molar-refractivity contribution < 1.29 is 9.53 Å². The van der Waals surface area contributed by atoms with Crippen LogP contribution in [0.1, 0.15) is 36.5 Å². The van der Waals surface area contributed by atoms with E-state index in [1.807, 2.05) is 0 Å². The molecule has 5 heteroatoms. The van der Waals surface area contributed by atoms with Crippen LogP contribution in [0.15, 0.2) is 12.4 Å². The van der Waals surface area contributed by atoms with Gasteiger partial charge in [-0.2, -0.15) is 5.10 Å². The predicted octanol–water partition coefficient (Wildman–Crippen LogP) is 1.34. The number of hydrogen-bond acceptors (Lipinski definition) is 3. The lowest BCUT2D eigenvalue weighted by molar-refractivity contribution is 0.0510. The Morgan fingerprint density at radius 3 is 3.00 bits per heavy atom. The summed E-state index contributed by atoms with van der Waals surface area (Å²) in [6.45, 7) is 3.72. The van der Waals surface area contributed by atoms with Gasteiger partial charge >= 0.3 is 0 Å². The van der Waals surface area contributed by atoms with E-state index in [0.717, 1.165) is 32.5 Å². The first-order valence-electron chi connectivity index (χ1n) is 6.18. The van der Waals surface area contributed by atoms with Crippen LogP contribution >= 0.6 is 0 Å². The third kappa shape index (κ3) is 3.06. The third-order valence-electron chi connectivity index (χ3n) is 3.35. The summed E-state index contributed by atoms with van der Waals surface area (Å²) >= 11 is 0. The van der Waals surface area contributed by atoms with E-state index in [-0.39, 0.29) is 11.9 Å². The van der Waals surface area contributed by atoms with E-state index in [1.54, 1.807) is 12.4 Å². The quantitative estimate of drug-likeness (QED) is 0.830. The Morgan fingerprint density at radius 2 is 2.41 bits per heavy atom. The number of ether oxygens (including phenoxy) is 1. The fraction of sp³-hybridized carbons (Fsp3) is 0.667. The molecule has 0 bridgehead atoms. The summed E-state index contributed by atoms with van der Waals surface area (Å²) in [5.41, 5.74) is 0.593. The number of carbonyl (C=O) groups is 1. The van der Waals surface area contributed by atoms with Crippen LogP contribution in [0.2, 0.25) is 0 Å². The Bertz CT molecular complexity index is 345. The number of aromatic nitrogens is 2. The second-order valence-corrected chi connectivity index (χ2v) is 4.42. The number of aromatic amines is 1. The van der Waals surface area contributed by atoms with Gasteiger partial charge in [0.1, 0.15) is 0 Å². The zero-order chi connectivity index (χ0) is 12.1. The Morgan fingerprint density at radius 1 is 1.65 bits per heavy atom. The predicted molar refractivity (Wildman–Crippen MR) is 63.7 cm³/mol. The standard InChI is InChI=1S/C12H19N3O2/c1-2-11(9-3-5-17-6-4-9)15-12(16)10-7-13-14-8-10/h7-9,11H,2-6H2,1H3,(H,13,14)(H,15,16). The summed E-state index contributed by atoms with van der Waals surface area (Å²) < 4.78 is 5.34. The molecule has 0 aromatic carbocycles. The molecule has 2 rings (SSSR count). The first-order chi connectivity index (χ1) is 8.31. The van der Waals surface area contributed by atoms with Gasteiger partial charge in [0.2, 0.25) is 0 Å². The normalized spacial score (nSPS) is 18.9. The van der Waals surface area contributed by atoms with Crippen molar-refractivity contribution in [1.82, 2.24) is 15.5 Å². The Balaban J connectivity index is 1.92. The number of hydrogen-bond donors (Lipinski definition) is 2. The monoisotopic (exact) mass is 237 g/mol. The molecule has 1 aliphatic heterocycles. The SMILES string of the molecule is CCC(NC(=O)c1cn[nH]c1)C1CCOCC1. The van der Waals surface area contributed by atoms with Gasteiger partial charge in [-0.15, -0.1) is 0 Å². The maximum atomic E-state index is 11.9. The van der Waals surface area contributed by atoms with Crippen molar-refractivity contribution in [1.29, 1.82) is 0 Å². The van der Waals surface area contributed by atoms with Crippen LogP contribution in [-0.2, 0) is 4.74 Å². The maximum Gasteiger partial charge on any atom is 0.254 e. The summed E-state index contributed by atoms with van der Waals surface area (Å²) in [4.78, 5) is 11.9. The van der Waals surface area contributed by atoms with Gasteiger partial charge in [0.15, 0.2) is 0 Å². The molecule has 17 heavy (non-hydrogen) atoms. The summed E-state index contributed by atoms with van der Waals surface area (Å²) in [7, 11) is 0. The number of H-pyrrole nitrogens is 1. The van der Waals surface area contributed by atoms with Crippen LogP contribution in [0, 0.1) is 5.92 Å². The van der Waals surface area contributed by atoms with Crippen molar-refractivity contribution in [3.8, 4) is 0 Å². The first kappa shape index (κ1) is 12.1. The smallest absolute Gasteiger partial charge is 0.254 e. The van der Waals surface area contributed by atoms with Crippen LogP contribution < -0.4 is 5.32 Å². The maximum absolute atomic E-state index is 11.9. The molecule has 1 atom stereocenters. The van der Waals surface area contributed by atoms with E-state index in [0.29, 0.717) is 11.5 Å². The number of nitrogens with one attached hydrogen (secondary N) is 2. The summed E-state index contributed by atoms with van der Waals surface area (Å²) in [6.07, 6.45) is 6.18. The van der Waals surface area contributed by atoms with Gasteiger partial charge in [-0.3, -0.25) is 9.89 Å². The average molecular weight is 237 g/mol. The van der Waals surface area contributed by atoms with E-state index in [4.69, 9.17) is 4.74 Å². The van der Waals surface area contributed by atoms with Gasteiger partial charge < -0.3 is 10.1 Å². The highest BCUT2D eigenvalue weighted by molar-refractivity contribution is 5.93. The summed E-state index contributed by atoms with van der Waals surface area (Å²) in [5.74, 6) is 0.488. The molecule has 2 heterocycles. The summed E-state index contributed by atoms with van der Waals surface area (Å²) in [5, 5.41) is 9.52. The van der Waals surface area contributed by atoms with Crippen molar-refractivity contribution in [3.05, 3.63) is 18.0 Å². The van der Waals surface area contributed by atoms with Gasteiger partial charge in [0.05, 0.1) is 11.8 Å². The Hall–Kier alpha value is -1.36. The van der Waals surface area contributed by atoms with Gasteiger partial charge in [-0.25, -0.2) is 0 Å².